The van der Waals surface area contributed by atoms with E-state index in [1.807, 2.05) is 6.20 Å². The Kier molecular flexibility index (Phi) is 4.94. The van der Waals surface area contributed by atoms with Gasteiger partial charge in [0.25, 0.3) is 0 Å². The molecule has 0 aliphatic carbocycles. The summed E-state index contributed by atoms with van der Waals surface area (Å²) >= 11 is 0. The summed E-state index contributed by atoms with van der Waals surface area (Å²) in [6.45, 7) is 9.00. The molecular formula is C19H27N3. The summed E-state index contributed by atoms with van der Waals surface area (Å²) in [7, 11) is 0. The third-order valence-electron chi connectivity index (χ3n) is 4.81. The Bertz CT molecular complexity index is 577. The van der Waals surface area contributed by atoms with E-state index in [-0.39, 0.29) is 0 Å². The van der Waals surface area contributed by atoms with Crippen molar-refractivity contribution in [3.8, 4) is 0 Å². The van der Waals surface area contributed by atoms with E-state index in [4.69, 9.17) is 0 Å². The Morgan fingerprint density at radius 1 is 1.14 bits per heavy atom. The minimum Gasteiger partial charge on any atom is -0.335 e. The van der Waals surface area contributed by atoms with Gasteiger partial charge in [0.05, 0.1) is 0 Å². The van der Waals surface area contributed by atoms with Crippen molar-refractivity contribution in [2.24, 2.45) is 5.92 Å². The van der Waals surface area contributed by atoms with E-state index in [1.165, 1.54) is 42.9 Å². The molecule has 0 radical (unpaired) electrons. The molecule has 0 spiro atoms. The van der Waals surface area contributed by atoms with Gasteiger partial charge in [0.2, 0.25) is 0 Å². The SMILES string of the molecule is CCc1nccn1CC1CCN(Cc2ccc(C)cc2)CC1. The van der Waals surface area contributed by atoms with Gasteiger partial charge < -0.3 is 4.57 Å². The lowest BCUT2D eigenvalue weighted by atomic mass is 9.96. The second kappa shape index (κ2) is 7.10. The van der Waals surface area contributed by atoms with Gasteiger partial charge in [-0.2, -0.15) is 0 Å². The molecule has 3 heteroatoms. The van der Waals surface area contributed by atoms with Gasteiger partial charge in [0.15, 0.2) is 0 Å². The molecule has 0 bridgehead atoms. The lowest BCUT2D eigenvalue weighted by molar-refractivity contribution is 0.166. The lowest BCUT2D eigenvalue weighted by Crippen LogP contribution is -2.34. The summed E-state index contributed by atoms with van der Waals surface area (Å²) in [6, 6.07) is 8.96. The van der Waals surface area contributed by atoms with Crippen LogP contribution in [0.3, 0.4) is 0 Å². The van der Waals surface area contributed by atoms with E-state index in [2.05, 4.69) is 58.8 Å². The van der Waals surface area contributed by atoms with E-state index in [0.717, 1.165) is 25.4 Å². The quantitative estimate of drug-likeness (QED) is 0.839. The predicted octanol–water partition coefficient (Wildman–Crippen LogP) is 3.67. The number of rotatable bonds is 5. The molecule has 1 saturated heterocycles. The smallest absolute Gasteiger partial charge is 0.108 e. The van der Waals surface area contributed by atoms with E-state index in [9.17, 15) is 0 Å². The second-order valence-corrected chi connectivity index (χ2v) is 6.55. The van der Waals surface area contributed by atoms with E-state index >= 15 is 0 Å². The van der Waals surface area contributed by atoms with Crippen LogP contribution in [0.1, 0.15) is 36.7 Å². The molecule has 0 atom stereocenters. The first-order valence-electron chi connectivity index (χ1n) is 8.52. The number of likely N-dealkylation sites (tertiary alicyclic amines) is 1. The fraction of sp³-hybridized carbons (Fsp3) is 0.526. The molecule has 0 saturated carbocycles. The highest BCUT2D eigenvalue weighted by atomic mass is 15.1. The predicted molar refractivity (Wildman–Crippen MR) is 90.8 cm³/mol. The molecule has 3 rings (SSSR count). The van der Waals surface area contributed by atoms with Crippen LogP contribution in [0.5, 0.6) is 0 Å². The molecule has 1 fully saturated rings. The minimum absolute atomic E-state index is 0.800. The van der Waals surface area contributed by atoms with Crippen molar-refractivity contribution in [3.63, 3.8) is 0 Å². The maximum atomic E-state index is 4.43. The zero-order valence-electron chi connectivity index (χ0n) is 13.8. The van der Waals surface area contributed by atoms with Crippen LogP contribution < -0.4 is 0 Å². The van der Waals surface area contributed by atoms with Crippen LogP contribution in [0, 0.1) is 12.8 Å². The van der Waals surface area contributed by atoms with Crippen molar-refractivity contribution in [2.45, 2.75) is 46.2 Å². The standard InChI is InChI=1S/C19H27N3/c1-3-19-20-10-13-22(19)15-18-8-11-21(12-9-18)14-17-6-4-16(2)5-7-17/h4-7,10,13,18H,3,8-9,11-12,14-15H2,1-2H3. The number of benzene rings is 1. The zero-order chi connectivity index (χ0) is 15.4. The average Bonchev–Trinajstić information content (AvgIpc) is 2.99. The summed E-state index contributed by atoms with van der Waals surface area (Å²) in [4.78, 5) is 7.02. The van der Waals surface area contributed by atoms with Crippen LogP contribution in [-0.4, -0.2) is 27.5 Å². The Labute approximate surface area is 134 Å². The summed E-state index contributed by atoms with van der Waals surface area (Å²) < 4.78 is 2.35. The van der Waals surface area contributed by atoms with Crippen LogP contribution in [0.4, 0.5) is 0 Å². The Morgan fingerprint density at radius 3 is 2.55 bits per heavy atom. The van der Waals surface area contributed by atoms with Crippen molar-refractivity contribution in [1.29, 1.82) is 0 Å². The molecule has 1 aromatic heterocycles. The first-order valence-corrected chi connectivity index (χ1v) is 8.52. The molecule has 2 aromatic rings. The molecule has 118 valence electrons. The lowest BCUT2D eigenvalue weighted by Gasteiger charge is -2.32. The normalized spacial score (nSPS) is 17.0. The molecule has 2 heterocycles. The topological polar surface area (TPSA) is 21.1 Å². The summed E-state index contributed by atoms with van der Waals surface area (Å²) in [6.07, 6.45) is 7.70. The molecule has 22 heavy (non-hydrogen) atoms. The molecule has 1 aliphatic heterocycles. The van der Waals surface area contributed by atoms with Crippen LogP contribution in [0.25, 0.3) is 0 Å². The van der Waals surface area contributed by atoms with E-state index < -0.39 is 0 Å². The van der Waals surface area contributed by atoms with Gasteiger partial charge in [-0.25, -0.2) is 4.98 Å². The minimum atomic E-state index is 0.800. The van der Waals surface area contributed by atoms with Crippen LogP contribution in [0.15, 0.2) is 36.7 Å². The maximum Gasteiger partial charge on any atom is 0.108 e. The third kappa shape index (κ3) is 3.77. The van der Waals surface area contributed by atoms with Gasteiger partial charge in [-0.05, 0) is 44.3 Å². The third-order valence-corrected chi connectivity index (χ3v) is 4.81. The highest BCUT2D eigenvalue weighted by Gasteiger charge is 2.20. The van der Waals surface area contributed by atoms with Crippen molar-refractivity contribution >= 4 is 0 Å². The maximum absolute atomic E-state index is 4.43. The number of imidazole rings is 1. The molecular weight excluding hydrogens is 270 g/mol. The first kappa shape index (κ1) is 15.3. The molecule has 1 aliphatic rings. The van der Waals surface area contributed by atoms with Crippen molar-refractivity contribution < 1.29 is 0 Å². The van der Waals surface area contributed by atoms with Crippen LogP contribution in [-0.2, 0) is 19.5 Å². The Hall–Kier alpha value is -1.61. The fourth-order valence-electron chi connectivity index (χ4n) is 3.38. The number of piperidine rings is 1. The molecule has 1 aromatic carbocycles. The number of hydrogen-bond donors (Lipinski definition) is 0. The molecule has 0 N–H and O–H groups in total. The summed E-state index contributed by atoms with van der Waals surface area (Å²) in [5, 5.41) is 0. The van der Waals surface area contributed by atoms with Crippen molar-refractivity contribution in [1.82, 2.24) is 14.5 Å². The van der Waals surface area contributed by atoms with Crippen LogP contribution >= 0.6 is 0 Å². The highest BCUT2D eigenvalue weighted by molar-refractivity contribution is 5.21. The molecule has 3 nitrogen and oxygen atoms in total. The monoisotopic (exact) mass is 297 g/mol. The zero-order valence-corrected chi connectivity index (χ0v) is 13.8. The number of nitrogens with zero attached hydrogens (tertiary/aromatic N) is 3. The average molecular weight is 297 g/mol. The van der Waals surface area contributed by atoms with Crippen LogP contribution in [0.2, 0.25) is 0 Å². The Balaban J connectivity index is 1.49. The van der Waals surface area contributed by atoms with Gasteiger partial charge >= 0.3 is 0 Å². The van der Waals surface area contributed by atoms with Crippen molar-refractivity contribution in [2.75, 3.05) is 13.1 Å². The van der Waals surface area contributed by atoms with Gasteiger partial charge in [0, 0.05) is 31.9 Å². The highest BCUT2D eigenvalue weighted by Crippen LogP contribution is 2.21. The molecule has 0 amide bonds. The van der Waals surface area contributed by atoms with Gasteiger partial charge in [-0.3, -0.25) is 4.90 Å². The Morgan fingerprint density at radius 2 is 1.86 bits per heavy atom. The summed E-state index contributed by atoms with van der Waals surface area (Å²) in [5.41, 5.74) is 2.78. The number of aryl methyl sites for hydroxylation is 2. The van der Waals surface area contributed by atoms with E-state index in [1.54, 1.807) is 0 Å². The summed E-state index contributed by atoms with van der Waals surface area (Å²) in [5.74, 6) is 2.02. The first-order chi connectivity index (χ1) is 10.7. The van der Waals surface area contributed by atoms with Gasteiger partial charge in [0.1, 0.15) is 5.82 Å². The number of aromatic nitrogens is 2. The largest absolute Gasteiger partial charge is 0.335 e. The van der Waals surface area contributed by atoms with E-state index in [0.29, 0.717) is 0 Å². The number of hydrogen-bond acceptors (Lipinski definition) is 2. The fourth-order valence-corrected chi connectivity index (χ4v) is 3.38. The van der Waals surface area contributed by atoms with Gasteiger partial charge in [-0.15, -0.1) is 0 Å². The van der Waals surface area contributed by atoms with Crippen molar-refractivity contribution in [3.05, 3.63) is 53.6 Å². The van der Waals surface area contributed by atoms with Gasteiger partial charge in [-0.1, -0.05) is 36.8 Å². The second-order valence-electron chi connectivity index (χ2n) is 6.55. The molecule has 0 unspecified atom stereocenters.